The lowest BCUT2D eigenvalue weighted by molar-refractivity contribution is -0.138. The summed E-state index contributed by atoms with van der Waals surface area (Å²) >= 11 is 0. The van der Waals surface area contributed by atoms with E-state index in [0.717, 1.165) is 0 Å². The lowest BCUT2D eigenvalue weighted by Gasteiger charge is -2.15. The first-order valence-corrected chi connectivity index (χ1v) is 8.84. The third kappa shape index (κ3) is 3.78. The van der Waals surface area contributed by atoms with Gasteiger partial charge in [-0.05, 0) is 30.2 Å². The molecule has 1 heterocycles. The predicted octanol–water partition coefficient (Wildman–Crippen LogP) is 0.830. The number of hydrogen-bond donors (Lipinski definition) is 4. The fourth-order valence-corrected chi connectivity index (χ4v) is 3.68. The van der Waals surface area contributed by atoms with Gasteiger partial charge < -0.3 is 15.1 Å². The minimum absolute atomic E-state index is 0.0125. The number of benzene rings is 2. The number of rotatable bonds is 6. The number of aromatic nitrogens is 2. The fraction of sp³-hybridized carbons (Fsp3) is 0.125. The van der Waals surface area contributed by atoms with E-state index in [1.54, 1.807) is 30.3 Å². The SMILES string of the molecule is O=C(O)[C@@H](Cc1ccccc1)NS(=O)(=O)c1ccc2[nH]c(=O)[nH]c2c1. The highest BCUT2D eigenvalue weighted by molar-refractivity contribution is 7.89. The van der Waals surface area contributed by atoms with Crippen molar-refractivity contribution in [1.82, 2.24) is 14.7 Å². The van der Waals surface area contributed by atoms with E-state index < -0.39 is 27.7 Å². The van der Waals surface area contributed by atoms with Crippen LogP contribution in [-0.2, 0) is 21.2 Å². The third-order valence-electron chi connectivity index (χ3n) is 3.68. The van der Waals surface area contributed by atoms with Crippen molar-refractivity contribution in [1.29, 1.82) is 0 Å². The molecule has 1 atom stereocenters. The van der Waals surface area contributed by atoms with Gasteiger partial charge in [0.1, 0.15) is 6.04 Å². The number of hydrogen-bond acceptors (Lipinski definition) is 4. The summed E-state index contributed by atoms with van der Waals surface area (Å²) in [6, 6.07) is 11.4. The molecule has 0 saturated heterocycles. The summed E-state index contributed by atoms with van der Waals surface area (Å²) in [4.78, 5) is 27.6. The van der Waals surface area contributed by atoms with Crippen molar-refractivity contribution in [2.45, 2.75) is 17.4 Å². The van der Waals surface area contributed by atoms with E-state index in [-0.39, 0.29) is 11.3 Å². The molecule has 2 aromatic carbocycles. The zero-order chi connectivity index (χ0) is 18.0. The number of nitrogens with one attached hydrogen (secondary N) is 3. The maximum Gasteiger partial charge on any atom is 0.323 e. The Labute approximate surface area is 142 Å². The Morgan fingerprint density at radius 1 is 1.08 bits per heavy atom. The zero-order valence-corrected chi connectivity index (χ0v) is 13.7. The van der Waals surface area contributed by atoms with Gasteiger partial charge in [0.25, 0.3) is 0 Å². The van der Waals surface area contributed by atoms with E-state index in [2.05, 4.69) is 14.7 Å². The van der Waals surface area contributed by atoms with Crippen LogP contribution < -0.4 is 10.4 Å². The van der Waals surface area contributed by atoms with E-state index in [1.165, 1.54) is 18.2 Å². The van der Waals surface area contributed by atoms with Gasteiger partial charge in [-0.1, -0.05) is 30.3 Å². The molecule has 4 N–H and O–H groups in total. The van der Waals surface area contributed by atoms with Crippen molar-refractivity contribution in [2.24, 2.45) is 0 Å². The van der Waals surface area contributed by atoms with Crippen molar-refractivity contribution in [3.05, 3.63) is 64.6 Å². The molecule has 0 unspecified atom stereocenters. The fourth-order valence-electron chi connectivity index (χ4n) is 2.46. The van der Waals surface area contributed by atoms with Gasteiger partial charge in [-0.25, -0.2) is 13.2 Å². The standard InChI is InChI=1S/C16H15N3O5S/c20-15(21)14(8-10-4-2-1-3-5-10)19-25(23,24)11-6-7-12-13(9-11)18-16(22)17-12/h1-7,9,14,19H,8H2,(H,20,21)(H2,17,18,22)/t14-/m1/s1. The van der Waals surface area contributed by atoms with E-state index >= 15 is 0 Å². The summed E-state index contributed by atoms with van der Waals surface area (Å²) in [6.07, 6.45) is 0.0125. The predicted molar refractivity (Wildman–Crippen MR) is 90.8 cm³/mol. The van der Waals surface area contributed by atoms with Gasteiger partial charge in [0, 0.05) is 0 Å². The van der Waals surface area contributed by atoms with Crippen molar-refractivity contribution in [3.63, 3.8) is 0 Å². The van der Waals surface area contributed by atoms with E-state index in [4.69, 9.17) is 0 Å². The average molecular weight is 361 g/mol. The first kappa shape index (κ1) is 16.9. The minimum Gasteiger partial charge on any atom is -0.480 e. The zero-order valence-electron chi connectivity index (χ0n) is 12.9. The highest BCUT2D eigenvalue weighted by Gasteiger charge is 2.26. The maximum absolute atomic E-state index is 12.5. The Morgan fingerprint density at radius 3 is 2.44 bits per heavy atom. The van der Waals surface area contributed by atoms with Crippen molar-refractivity contribution < 1.29 is 18.3 Å². The maximum atomic E-state index is 12.5. The van der Waals surface area contributed by atoms with Crippen LogP contribution in [0.3, 0.4) is 0 Å². The Kier molecular flexibility index (Phi) is 4.43. The highest BCUT2D eigenvalue weighted by atomic mass is 32.2. The van der Waals surface area contributed by atoms with Gasteiger partial charge in [-0.2, -0.15) is 4.72 Å². The van der Waals surface area contributed by atoms with Gasteiger partial charge in [0.15, 0.2) is 0 Å². The normalized spacial score (nSPS) is 13.0. The van der Waals surface area contributed by atoms with Gasteiger partial charge in [-0.15, -0.1) is 0 Å². The van der Waals surface area contributed by atoms with Crippen LogP contribution in [0.15, 0.2) is 58.2 Å². The first-order chi connectivity index (χ1) is 11.8. The number of carboxylic acid groups (broad SMARTS) is 1. The van der Waals surface area contributed by atoms with Gasteiger partial charge >= 0.3 is 11.7 Å². The van der Waals surface area contributed by atoms with Gasteiger partial charge in [0.2, 0.25) is 10.0 Å². The molecule has 1 aromatic heterocycles. The highest BCUT2D eigenvalue weighted by Crippen LogP contribution is 2.16. The lowest BCUT2D eigenvalue weighted by atomic mass is 10.1. The summed E-state index contributed by atoms with van der Waals surface area (Å²) < 4.78 is 27.2. The Balaban J connectivity index is 1.88. The Hall–Kier alpha value is -2.91. The average Bonchev–Trinajstić information content (AvgIpc) is 2.94. The van der Waals surface area contributed by atoms with E-state index in [1.807, 2.05) is 0 Å². The second kappa shape index (κ2) is 6.54. The van der Waals surface area contributed by atoms with Gasteiger partial charge in [-0.3, -0.25) is 4.79 Å². The molecule has 0 saturated carbocycles. The molecular weight excluding hydrogens is 346 g/mol. The molecule has 25 heavy (non-hydrogen) atoms. The molecule has 0 fully saturated rings. The second-order valence-electron chi connectivity index (χ2n) is 5.49. The molecule has 3 rings (SSSR count). The number of H-pyrrole nitrogens is 2. The number of aromatic amines is 2. The molecular formula is C16H15N3O5S. The number of carbonyl (C=O) groups is 1. The largest absolute Gasteiger partial charge is 0.480 e. The van der Waals surface area contributed by atoms with Crippen LogP contribution in [0.4, 0.5) is 0 Å². The lowest BCUT2D eigenvalue weighted by Crippen LogP contribution is -2.42. The van der Waals surface area contributed by atoms with Crippen LogP contribution in [-0.4, -0.2) is 35.5 Å². The summed E-state index contributed by atoms with van der Waals surface area (Å²) in [6.45, 7) is 0. The molecule has 0 aliphatic rings. The molecule has 0 amide bonds. The third-order valence-corrected chi connectivity index (χ3v) is 5.15. The van der Waals surface area contributed by atoms with Crippen LogP contribution >= 0.6 is 0 Å². The molecule has 0 radical (unpaired) electrons. The Bertz CT molecular complexity index is 1070. The molecule has 130 valence electrons. The topological polar surface area (TPSA) is 132 Å². The molecule has 0 bridgehead atoms. The van der Waals surface area contributed by atoms with Crippen LogP contribution in [0.1, 0.15) is 5.56 Å². The van der Waals surface area contributed by atoms with Crippen molar-refractivity contribution >= 4 is 27.0 Å². The summed E-state index contributed by atoms with van der Waals surface area (Å²) in [5.74, 6) is -1.27. The van der Waals surface area contributed by atoms with Gasteiger partial charge in [0.05, 0.1) is 15.9 Å². The summed E-state index contributed by atoms with van der Waals surface area (Å²) in [5, 5.41) is 9.34. The molecule has 0 aliphatic heterocycles. The second-order valence-corrected chi connectivity index (χ2v) is 7.20. The molecule has 8 nitrogen and oxygen atoms in total. The Morgan fingerprint density at radius 2 is 1.76 bits per heavy atom. The smallest absolute Gasteiger partial charge is 0.323 e. The number of imidazole rings is 1. The monoisotopic (exact) mass is 361 g/mol. The van der Waals surface area contributed by atoms with Crippen LogP contribution in [0.2, 0.25) is 0 Å². The van der Waals surface area contributed by atoms with E-state index in [9.17, 15) is 23.1 Å². The van der Waals surface area contributed by atoms with Crippen LogP contribution in [0.5, 0.6) is 0 Å². The van der Waals surface area contributed by atoms with Crippen LogP contribution in [0.25, 0.3) is 11.0 Å². The van der Waals surface area contributed by atoms with Crippen LogP contribution in [0, 0.1) is 0 Å². The molecule has 0 spiro atoms. The quantitative estimate of drug-likeness (QED) is 0.516. The number of aliphatic carboxylic acids is 1. The number of sulfonamides is 1. The first-order valence-electron chi connectivity index (χ1n) is 7.36. The number of fused-ring (bicyclic) bond motifs is 1. The minimum atomic E-state index is -4.07. The summed E-state index contributed by atoms with van der Waals surface area (Å²) in [5.41, 5.74) is 1.03. The molecule has 3 aromatic rings. The molecule has 9 heteroatoms. The number of carboxylic acids is 1. The molecule has 0 aliphatic carbocycles. The summed E-state index contributed by atoms with van der Waals surface area (Å²) in [7, 11) is -4.07. The van der Waals surface area contributed by atoms with Crippen molar-refractivity contribution in [2.75, 3.05) is 0 Å². The van der Waals surface area contributed by atoms with E-state index in [0.29, 0.717) is 16.6 Å². The van der Waals surface area contributed by atoms with Crippen molar-refractivity contribution in [3.8, 4) is 0 Å².